The Morgan fingerprint density at radius 1 is 0.955 bits per heavy atom. The molecule has 3 rings (SSSR count). The Labute approximate surface area is 130 Å². The highest BCUT2D eigenvalue weighted by atomic mass is 16.3. The van der Waals surface area contributed by atoms with Crippen LogP contribution in [-0.2, 0) is 0 Å². The van der Waals surface area contributed by atoms with Crippen molar-refractivity contribution in [3.05, 3.63) is 66.0 Å². The third-order valence-electron chi connectivity index (χ3n) is 3.54. The lowest BCUT2D eigenvalue weighted by molar-refractivity contribution is 0.419. The lowest BCUT2D eigenvalue weighted by atomic mass is 10.1. The molecule has 0 aliphatic rings. The average Bonchev–Trinajstić information content (AvgIpc) is 2.55. The fraction of sp³-hybridized carbons (Fsp3) is 0.211. The minimum atomic E-state index is 0.773. The highest BCUT2D eigenvalue weighted by molar-refractivity contribution is 5.78. The summed E-state index contributed by atoms with van der Waals surface area (Å²) in [5.41, 5.74) is 1.93. The molecule has 112 valence electrons. The molecule has 2 aromatic carbocycles. The van der Waals surface area contributed by atoms with Crippen LogP contribution in [0.4, 0.5) is 0 Å². The SMILES string of the molecule is CN(C)CCN=c1cc(-c2ccccc2)oc2ccccc12. The Bertz CT molecular complexity index is 819. The van der Waals surface area contributed by atoms with Crippen molar-refractivity contribution in [2.45, 2.75) is 0 Å². The Morgan fingerprint density at radius 2 is 1.68 bits per heavy atom. The zero-order valence-electron chi connectivity index (χ0n) is 13.0. The second kappa shape index (κ2) is 6.58. The molecule has 0 spiro atoms. The van der Waals surface area contributed by atoms with Crippen molar-refractivity contribution in [1.29, 1.82) is 0 Å². The van der Waals surface area contributed by atoms with Gasteiger partial charge in [-0.3, -0.25) is 4.99 Å². The van der Waals surface area contributed by atoms with Gasteiger partial charge in [0.15, 0.2) is 0 Å². The standard InChI is InChI=1S/C19H20N2O/c1-21(2)13-12-20-17-14-19(15-8-4-3-5-9-15)22-18-11-7-6-10-16(17)18/h3-11,14H,12-13H2,1-2H3. The average molecular weight is 292 g/mol. The van der Waals surface area contributed by atoms with E-state index in [4.69, 9.17) is 9.41 Å². The summed E-state index contributed by atoms with van der Waals surface area (Å²) in [6, 6.07) is 20.2. The van der Waals surface area contributed by atoms with Gasteiger partial charge in [0, 0.05) is 23.6 Å². The van der Waals surface area contributed by atoms with Gasteiger partial charge in [-0.2, -0.15) is 0 Å². The van der Waals surface area contributed by atoms with E-state index in [2.05, 4.69) is 37.2 Å². The summed E-state index contributed by atoms with van der Waals surface area (Å²) in [4.78, 5) is 6.90. The lowest BCUT2D eigenvalue weighted by Crippen LogP contribution is -2.17. The molecule has 0 fully saturated rings. The first-order valence-corrected chi connectivity index (χ1v) is 7.47. The number of benzene rings is 2. The zero-order valence-corrected chi connectivity index (χ0v) is 13.0. The van der Waals surface area contributed by atoms with E-state index < -0.39 is 0 Å². The number of fused-ring (bicyclic) bond motifs is 1. The van der Waals surface area contributed by atoms with Crippen LogP contribution in [0.2, 0.25) is 0 Å². The zero-order chi connectivity index (χ0) is 15.4. The largest absolute Gasteiger partial charge is 0.456 e. The van der Waals surface area contributed by atoms with E-state index in [9.17, 15) is 0 Å². The molecular weight excluding hydrogens is 272 g/mol. The van der Waals surface area contributed by atoms with Crippen LogP contribution in [-0.4, -0.2) is 32.1 Å². The van der Waals surface area contributed by atoms with Crippen molar-refractivity contribution < 1.29 is 4.42 Å². The van der Waals surface area contributed by atoms with Gasteiger partial charge in [0.2, 0.25) is 0 Å². The van der Waals surface area contributed by atoms with E-state index in [1.165, 1.54) is 0 Å². The molecule has 3 aromatic rings. The van der Waals surface area contributed by atoms with E-state index in [0.29, 0.717) is 0 Å². The molecule has 0 amide bonds. The number of hydrogen-bond donors (Lipinski definition) is 0. The predicted octanol–water partition coefficient (Wildman–Crippen LogP) is 3.56. The van der Waals surface area contributed by atoms with Crippen LogP contribution in [0.3, 0.4) is 0 Å². The predicted molar refractivity (Wildman–Crippen MR) is 90.6 cm³/mol. The molecule has 0 radical (unpaired) electrons. The maximum absolute atomic E-state index is 6.05. The van der Waals surface area contributed by atoms with Gasteiger partial charge in [-0.05, 0) is 26.2 Å². The smallest absolute Gasteiger partial charge is 0.136 e. The van der Waals surface area contributed by atoms with Crippen molar-refractivity contribution in [2.75, 3.05) is 27.2 Å². The number of para-hydroxylation sites is 1. The molecule has 3 nitrogen and oxygen atoms in total. The molecule has 0 saturated heterocycles. The second-order valence-corrected chi connectivity index (χ2v) is 5.54. The van der Waals surface area contributed by atoms with Crippen molar-refractivity contribution in [3.63, 3.8) is 0 Å². The molecule has 0 bridgehead atoms. The quantitative estimate of drug-likeness (QED) is 0.735. The summed E-state index contributed by atoms with van der Waals surface area (Å²) in [5.74, 6) is 0.850. The highest BCUT2D eigenvalue weighted by Gasteiger charge is 2.04. The maximum Gasteiger partial charge on any atom is 0.136 e. The third-order valence-corrected chi connectivity index (χ3v) is 3.54. The van der Waals surface area contributed by atoms with Crippen LogP contribution >= 0.6 is 0 Å². The van der Waals surface area contributed by atoms with Gasteiger partial charge in [0.1, 0.15) is 11.3 Å². The molecule has 3 heteroatoms. The summed E-state index contributed by atoms with van der Waals surface area (Å²) in [6.45, 7) is 1.70. The first-order chi connectivity index (χ1) is 10.7. The van der Waals surface area contributed by atoms with Gasteiger partial charge in [0.25, 0.3) is 0 Å². The monoisotopic (exact) mass is 292 g/mol. The third kappa shape index (κ3) is 3.26. The maximum atomic E-state index is 6.05. The van der Waals surface area contributed by atoms with Crippen molar-refractivity contribution in [2.24, 2.45) is 4.99 Å². The van der Waals surface area contributed by atoms with Crippen LogP contribution in [0.1, 0.15) is 0 Å². The minimum absolute atomic E-state index is 0.773. The van der Waals surface area contributed by atoms with Crippen molar-refractivity contribution >= 4 is 11.0 Å². The molecule has 0 aliphatic heterocycles. The van der Waals surface area contributed by atoms with E-state index in [0.717, 1.165) is 40.7 Å². The highest BCUT2D eigenvalue weighted by Crippen LogP contribution is 2.21. The molecule has 0 unspecified atom stereocenters. The van der Waals surface area contributed by atoms with E-state index in [1.54, 1.807) is 0 Å². The Kier molecular flexibility index (Phi) is 4.35. The fourth-order valence-electron chi connectivity index (χ4n) is 2.36. The number of likely N-dealkylation sites (N-methyl/N-ethyl adjacent to an activating group) is 1. The normalized spacial score (nSPS) is 12.2. The van der Waals surface area contributed by atoms with Crippen LogP contribution in [0, 0.1) is 0 Å². The van der Waals surface area contributed by atoms with Crippen molar-refractivity contribution in [1.82, 2.24) is 4.90 Å². The van der Waals surface area contributed by atoms with Crippen LogP contribution in [0.25, 0.3) is 22.3 Å². The van der Waals surface area contributed by atoms with Crippen LogP contribution in [0.5, 0.6) is 0 Å². The van der Waals surface area contributed by atoms with E-state index in [-0.39, 0.29) is 0 Å². The van der Waals surface area contributed by atoms with Gasteiger partial charge in [0.05, 0.1) is 11.9 Å². The molecular formula is C19H20N2O. The fourth-order valence-corrected chi connectivity index (χ4v) is 2.36. The summed E-state index contributed by atoms with van der Waals surface area (Å²) in [6.07, 6.45) is 0. The number of hydrogen-bond acceptors (Lipinski definition) is 3. The van der Waals surface area contributed by atoms with Gasteiger partial charge in [-0.25, -0.2) is 0 Å². The summed E-state index contributed by atoms with van der Waals surface area (Å²) in [7, 11) is 4.12. The molecule has 0 atom stereocenters. The molecule has 1 aromatic heterocycles. The molecule has 1 heterocycles. The molecule has 0 aliphatic carbocycles. The molecule has 22 heavy (non-hydrogen) atoms. The number of nitrogens with zero attached hydrogens (tertiary/aromatic N) is 2. The summed E-state index contributed by atoms with van der Waals surface area (Å²) >= 11 is 0. The number of rotatable bonds is 4. The summed E-state index contributed by atoms with van der Waals surface area (Å²) < 4.78 is 6.05. The van der Waals surface area contributed by atoms with Gasteiger partial charge in [-0.15, -0.1) is 0 Å². The minimum Gasteiger partial charge on any atom is -0.456 e. The van der Waals surface area contributed by atoms with Gasteiger partial charge >= 0.3 is 0 Å². The Balaban J connectivity index is 2.12. The first-order valence-electron chi connectivity index (χ1n) is 7.47. The van der Waals surface area contributed by atoms with Crippen LogP contribution in [0.15, 0.2) is 70.1 Å². The Morgan fingerprint density at radius 3 is 2.45 bits per heavy atom. The second-order valence-electron chi connectivity index (χ2n) is 5.54. The molecule has 0 N–H and O–H groups in total. The lowest BCUT2D eigenvalue weighted by Gasteiger charge is -2.07. The first kappa shape index (κ1) is 14.5. The van der Waals surface area contributed by atoms with E-state index in [1.807, 2.05) is 42.5 Å². The topological polar surface area (TPSA) is 28.7 Å². The molecule has 0 saturated carbocycles. The van der Waals surface area contributed by atoms with Crippen molar-refractivity contribution in [3.8, 4) is 11.3 Å². The van der Waals surface area contributed by atoms with Gasteiger partial charge < -0.3 is 9.32 Å². The van der Waals surface area contributed by atoms with E-state index >= 15 is 0 Å². The van der Waals surface area contributed by atoms with Gasteiger partial charge in [-0.1, -0.05) is 42.5 Å². The Hall–Kier alpha value is -2.39. The van der Waals surface area contributed by atoms with Crippen LogP contribution < -0.4 is 5.36 Å². The summed E-state index contributed by atoms with van der Waals surface area (Å²) in [5, 5.41) is 2.04.